The molecule has 1 N–H and O–H groups in total. The standard InChI is InChI=1S/C21H23BrN2O5/c1-13-4-2-3-8-21(13)19(26)24(20(27)23-21)12-18(25)28-9-7-16-11-14-10-15(22)5-6-17(14)29-16/h5-6,10-11,13H,2-4,7-9,12H2,1H3,(H,23,27). The number of esters is 1. The third-order valence-electron chi connectivity index (χ3n) is 5.93. The Bertz CT molecular complexity index is 971. The molecule has 0 bridgehead atoms. The average Bonchev–Trinajstić information content (AvgIpc) is 3.18. The van der Waals surface area contributed by atoms with E-state index in [1.165, 1.54) is 0 Å². The van der Waals surface area contributed by atoms with Crippen molar-refractivity contribution in [1.82, 2.24) is 10.2 Å². The lowest BCUT2D eigenvalue weighted by Crippen LogP contribution is -2.54. The third-order valence-corrected chi connectivity index (χ3v) is 6.42. The molecular formula is C21H23BrN2O5. The van der Waals surface area contributed by atoms with E-state index in [2.05, 4.69) is 21.2 Å². The van der Waals surface area contributed by atoms with Crippen molar-refractivity contribution in [3.05, 3.63) is 34.5 Å². The Morgan fingerprint density at radius 1 is 1.34 bits per heavy atom. The molecule has 2 heterocycles. The van der Waals surface area contributed by atoms with Crippen LogP contribution >= 0.6 is 15.9 Å². The number of fused-ring (bicyclic) bond motifs is 1. The molecule has 2 atom stereocenters. The van der Waals surface area contributed by atoms with E-state index in [-0.39, 0.29) is 25.0 Å². The summed E-state index contributed by atoms with van der Waals surface area (Å²) in [5, 5.41) is 3.80. The van der Waals surface area contributed by atoms with Crippen LogP contribution < -0.4 is 5.32 Å². The van der Waals surface area contributed by atoms with Crippen LogP contribution in [0.2, 0.25) is 0 Å². The van der Waals surface area contributed by atoms with E-state index in [1.54, 1.807) is 0 Å². The zero-order valence-electron chi connectivity index (χ0n) is 16.2. The molecule has 8 heteroatoms. The summed E-state index contributed by atoms with van der Waals surface area (Å²) in [6, 6.07) is 7.11. The Labute approximate surface area is 176 Å². The molecule has 2 fully saturated rings. The van der Waals surface area contributed by atoms with Gasteiger partial charge >= 0.3 is 12.0 Å². The second-order valence-corrected chi connectivity index (χ2v) is 8.72. The van der Waals surface area contributed by atoms with Gasteiger partial charge in [-0.15, -0.1) is 0 Å². The number of urea groups is 1. The van der Waals surface area contributed by atoms with Gasteiger partial charge in [-0.2, -0.15) is 0 Å². The van der Waals surface area contributed by atoms with Crippen molar-refractivity contribution in [2.45, 2.75) is 44.6 Å². The van der Waals surface area contributed by atoms with Gasteiger partial charge < -0.3 is 14.5 Å². The number of rotatable bonds is 5. The van der Waals surface area contributed by atoms with Crippen molar-refractivity contribution in [3.63, 3.8) is 0 Å². The summed E-state index contributed by atoms with van der Waals surface area (Å²) in [7, 11) is 0. The van der Waals surface area contributed by atoms with Crippen molar-refractivity contribution in [2.75, 3.05) is 13.2 Å². The highest BCUT2D eigenvalue weighted by Gasteiger charge is 2.55. The van der Waals surface area contributed by atoms with Crippen LogP contribution in [0.4, 0.5) is 4.79 Å². The topological polar surface area (TPSA) is 88.8 Å². The molecule has 2 unspecified atom stereocenters. The summed E-state index contributed by atoms with van der Waals surface area (Å²) in [5.41, 5.74) is -0.0983. The second kappa shape index (κ2) is 7.82. The zero-order chi connectivity index (χ0) is 20.6. The molecule has 1 aliphatic heterocycles. The molecule has 1 aromatic carbocycles. The highest BCUT2D eigenvalue weighted by Crippen LogP contribution is 2.38. The summed E-state index contributed by atoms with van der Waals surface area (Å²) in [4.78, 5) is 38.4. The minimum absolute atomic E-state index is 0.0573. The molecule has 4 rings (SSSR count). The number of nitrogens with zero attached hydrogens (tertiary/aromatic N) is 1. The molecule has 1 saturated heterocycles. The maximum atomic E-state index is 12.9. The van der Waals surface area contributed by atoms with E-state index < -0.39 is 17.5 Å². The van der Waals surface area contributed by atoms with Gasteiger partial charge in [-0.3, -0.25) is 14.5 Å². The molecule has 1 saturated carbocycles. The van der Waals surface area contributed by atoms with Gasteiger partial charge in [0, 0.05) is 16.3 Å². The van der Waals surface area contributed by atoms with Gasteiger partial charge in [0.05, 0.1) is 6.61 Å². The molecule has 154 valence electrons. The first kappa shape index (κ1) is 19.9. The molecule has 2 aliphatic rings. The Morgan fingerprint density at radius 3 is 2.97 bits per heavy atom. The number of carbonyl (C=O) groups excluding carboxylic acids is 3. The first-order valence-corrected chi connectivity index (χ1v) is 10.7. The molecule has 0 radical (unpaired) electrons. The lowest BCUT2D eigenvalue weighted by atomic mass is 9.73. The van der Waals surface area contributed by atoms with Gasteiger partial charge in [-0.1, -0.05) is 35.7 Å². The van der Waals surface area contributed by atoms with E-state index in [1.807, 2.05) is 31.2 Å². The highest BCUT2D eigenvalue weighted by molar-refractivity contribution is 9.10. The van der Waals surface area contributed by atoms with Gasteiger partial charge in [-0.25, -0.2) is 4.79 Å². The number of halogens is 1. The highest BCUT2D eigenvalue weighted by atomic mass is 79.9. The fourth-order valence-electron chi connectivity index (χ4n) is 4.27. The monoisotopic (exact) mass is 462 g/mol. The number of carbonyl (C=O) groups is 3. The first-order chi connectivity index (χ1) is 13.9. The third kappa shape index (κ3) is 3.77. The van der Waals surface area contributed by atoms with Crippen LogP contribution in [0.1, 0.15) is 38.4 Å². The molecule has 29 heavy (non-hydrogen) atoms. The normalized spacial score (nSPS) is 24.3. The van der Waals surface area contributed by atoms with Crippen LogP contribution in [0.3, 0.4) is 0 Å². The number of hydrogen-bond donors (Lipinski definition) is 1. The van der Waals surface area contributed by atoms with E-state index in [4.69, 9.17) is 9.15 Å². The van der Waals surface area contributed by atoms with Crippen molar-refractivity contribution in [3.8, 4) is 0 Å². The van der Waals surface area contributed by atoms with Gasteiger partial charge in [0.1, 0.15) is 23.4 Å². The predicted molar refractivity (Wildman–Crippen MR) is 109 cm³/mol. The maximum absolute atomic E-state index is 12.9. The van der Waals surface area contributed by atoms with Gasteiger partial charge in [-0.05, 0) is 43.0 Å². The number of imide groups is 1. The number of nitrogens with one attached hydrogen (secondary N) is 1. The van der Waals surface area contributed by atoms with Crippen LogP contribution in [0.25, 0.3) is 11.0 Å². The Hall–Kier alpha value is -2.35. The fraction of sp³-hybridized carbons (Fsp3) is 0.476. The van der Waals surface area contributed by atoms with Crippen molar-refractivity contribution in [2.24, 2.45) is 5.92 Å². The van der Waals surface area contributed by atoms with Gasteiger partial charge in [0.25, 0.3) is 5.91 Å². The lowest BCUT2D eigenvalue weighted by molar-refractivity contribution is -0.148. The fourth-order valence-corrected chi connectivity index (χ4v) is 4.65. The zero-order valence-corrected chi connectivity index (χ0v) is 17.8. The van der Waals surface area contributed by atoms with Crippen LogP contribution in [-0.4, -0.2) is 41.5 Å². The average molecular weight is 463 g/mol. The van der Waals surface area contributed by atoms with Crippen LogP contribution in [0, 0.1) is 5.92 Å². The maximum Gasteiger partial charge on any atom is 0.326 e. The molecule has 2 aromatic rings. The summed E-state index contributed by atoms with van der Waals surface area (Å²) in [6.45, 7) is 1.72. The Kier molecular flexibility index (Phi) is 5.38. The Balaban J connectivity index is 1.32. The Morgan fingerprint density at radius 2 is 2.17 bits per heavy atom. The predicted octanol–water partition coefficient (Wildman–Crippen LogP) is 3.78. The number of hydrogen-bond acceptors (Lipinski definition) is 5. The number of furan rings is 1. The number of ether oxygens (including phenoxy) is 1. The molecular weight excluding hydrogens is 440 g/mol. The van der Waals surface area contributed by atoms with E-state index in [0.29, 0.717) is 18.6 Å². The van der Waals surface area contributed by atoms with E-state index in [0.717, 1.165) is 39.6 Å². The minimum atomic E-state index is -0.863. The SMILES string of the molecule is CC1CCCCC12NC(=O)N(CC(=O)OCCc1cc3cc(Br)ccc3o1)C2=O. The summed E-state index contributed by atoms with van der Waals surface area (Å²) >= 11 is 3.42. The second-order valence-electron chi connectivity index (χ2n) is 7.80. The largest absolute Gasteiger partial charge is 0.464 e. The van der Waals surface area contributed by atoms with E-state index in [9.17, 15) is 14.4 Å². The van der Waals surface area contributed by atoms with Gasteiger partial charge in [0.2, 0.25) is 0 Å². The molecule has 1 spiro atoms. The molecule has 3 amide bonds. The van der Waals surface area contributed by atoms with Crippen LogP contribution in [0.5, 0.6) is 0 Å². The molecule has 7 nitrogen and oxygen atoms in total. The summed E-state index contributed by atoms with van der Waals surface area (Å²) in [5.74, 6) is -0.153. The smallest absolute Gasteiger partial charge is 0.326 e. The summed E-state index contributed by atoms with van der Waals surface area (Å²) in [6.07, 6.45) is 3.86. The van der Waals surface area contributed by atoms with E-state index >= 15 is 0 Å². The van der Waals surface area contributed by atoms with Gasteiger partial charge in [0.15, 0.2) is 0 Å². The summed E-state index contributed by atoms with van der Waals surface area (Å²) < 4.78 is 11.9. The van der Waals surface area contributed by atoms with Crippen LogP contribution in [0.15, 0.2) is 33.2 Å². The molecule has 1 aromatic heterocycles. The number of amides is 3. The van der Waals surface area contributed by atoms with Crippen LogP contribution in [-0.2, 0) is 20.7 Å². The molecule has 1 aliphatic carbocycles. The quantitative estimate of drug-likeness (QED) is 0.539. The lowest BCUT2D eigenvalue weighted by Gasteiger charge is -2.36. The minimum Gasteiger partial charge on any atom is -0.464 e. The van der Waals surface area contributed by atoms with Crippen molar-refractivity contribution < 1.29 is 23.5 Å². The van der Waals surface area contributed by atoms with Crippen molar-refractivity contribution >= 4 is 44.8 Å². The number of benzene rings is 1. The van der Waals surface area contributed by atoms with Crippen molar-refractivity contribution in [1.29, 1.82) is 0 Å². The first-order valence-electron chi connectivity index (χ1n) is 9.87.